The quantitative estimate of drug-likeness (QED) is 0.689. The van der Waals surface area contributed by atoms with E-state index >= 15 is 0 Å². The molecule has 0 saturated carbocycles. The molecule has 0 fully saturated rings. The van der Waals surface area contributed by atoms with Crippen LogP contribution < -0.4 is 0 Å². The molecule has 0 radical (unpaired) electrons. The molecule has 3 nitrogen and oxygen atoms in total. The van der Waals surface area contributed by atoms with Gasteiger partial charge >= 0.3 is 5.97 Å². The van der Waals surface area contributed by atoms with Crippen LogP contribution in [0.15, 0.2) is 42.7 Å². The van der Waals surface area contributed by atoms with Crippen molar-refractivity contribution in [3.8, 4) is 0 Å². The van der Waals surface area contributed by atoms with E-state index in [-0.39, 0.29) is 5.97 Å². The van der Waals surface area contributed by atoms with Crippen molar-refractivity contribution in [2.45, 2.75) is 13.8 Å². The average Bonchev–Trinajstić information content (AvgIpc) is 2.30. The summed E-state index contributed by atoms with van der Waals surface area (Å²) in [4.78, 5) is 13.8. The van der Waals surface area contributed by atoms with Crippen molar-refractivity contribution in [3.63, 3.8) is 0 Å². The minimum Gasteiger partial charge on any atom is -0.466 e. The number of ether oxygens (including phenoxy) is 1. The molecule has 3 heteroatoms. The number of esters is 1. The predicted molar refractivity (Wildman–Crippen MR) is 64.1 cm³/mol. The fourth-order valence-electron chi connectivity index (χ4n) is 1.23. The lowest BCUT2D eigenvalue weighted by Gasteiger charge is -1.91. The summed E-state index contributed by atoms with van der Waals surface area (Å²) < 4.78 is 4.40. The zero-order valence-electron chi connectivity index (χ0n) is 9.51. The number of rotatable bonds is 1. The summed E-state index contributed by atoms with van der Waals surface area (Å²) in [6.45, 7) is 3.65. The van der Waals surface area contributed by atoms with E-state index in [1.165, 1.54) is 17.7 Å². The third-order valence-corrected chi connectivity index (χ3v) is 1.90. The Morgan fingerprint density at radius 2 is 1.94 bits per heavy atom. The van der Waals surface area contributed by atoms with Crippen LogP contribution in [0.25, 0.3) is 10.8 Å². The van der Waals surface area contributed by atoms with Crippen LogP contribution in [0.4, 0.5) is 0 Å². The van der Waals surface area contributed by atoms with E-state index in [1.54, 1.807) is 6.92 Å². The van der Waals surface area contributed by atoms with Gasteiger partial charge in [0.2, 0.25) is 0 Å². The molecule has 0 aliphatic heterocycles. The fourth-order valence-corrected chi connectivity index (χ4v) is 1.23. The van der Waals surface area contributed by atoms with Gasteiger partial charge < -0.3 is 4.74 Å². The normalized spacial score (nSPS) is 9.12. The molecule has 0 spiro atoms. The van der Waals surface area contributed by atoms with E-state index < -0.39 is 0 Å². The summed E-state index contributed by atoms with van der Waals surface area (Å²) in [5, 5.41) is 2.45. The van der Waals surface area contributed by atoms with Crippen LogP contribution in [-0.4, -0.2) is 17.6 Å². The Bertz CT molecular complexity index is 389. The van der Waals surface area contributed by atoms with Gasteiger partial charge in [-0.25, -0.2) is 0 Å². The van der Waals surface area contributed by atoms with Crippen molar-refractivity contribution in [2.75, 3.05) is 6.61 Å². The number of fused-ring (bicyclic) bond motifs is 1. The van der Waals surface area contributed by atoms with Gasteiger partial charge in [-0.05, 0) is 23.8 Å². The Kier molecular flexibility index (Phi) is 4.99. The van der Waals surface area contributed by atoms with Gasteiger partial charge in [0.05, 0.1) is 6.61 Å². The minimum atomic E-state index is -0.211. The van der Waals surface area contributed by atoms with E-state index in [0.29, 0.717) is 6.61 Å². The summed E-state index contributed by atoms with van der Waals surface area (Å²) >= 11 is 0. The number of hydrogen-bond acceptors (Lipinski definition) is 3. The first-order valence-electron chi connectivity index (χ1n) is 5.16. The lowest BCUT2D eigenvalue weighted by atomic mass is 10.2. The van der Waals surface area contributed by atoms with Crippen LogP contribution in [0.1, 0.15) is 13.8 Å². The second-order valence-electron chi connectivity index (χ2n) is 3.15. The molecule has 0 N–H and O–H groups in total. The van der Waals surface area contributed by atoms with Crippen molar-refractivity contribution in [1.29, 1.82) is 0 Å². The van der Waals surface area contributed by atoms with Gasteiger partial charge in [0.1, 0.15) is 0 Å². The van der Waals surface area contributed by atoms with Crippen molar-refractivity contribution < 1.29 is 9.53 Å². The van der Waals surface area contributed by atoms with E-state index in [2.05, 4.69) is 21.9 Å². The molecule has 1 aromatic heterocycles. The highest BCUT2D eigenvalue weighted by atomic mass is 16.5. The SMILES string of the molecule is CCOC(C)=O.c1ccc2cnccc2c1. The second-order valence-corrected chi connectivity index (χ2v) is 3.15. The smallest absolute Gasteiger partial charge is 0.302 e. The highest BCUT2D eigenvalue weighted by Gasteiger charge is 1.86. The van der Waals surface area contributed by atoms with Gasteiger partial charge in [0, 0.05) is 19.3 Å². The maximum absolute atomic E-state index is 9.82. The molecule has 0 saturated heterocycles. The molecular weight excluding hydrogens is 202 g/mol. The van der Waals surface area contributed by atoms with Crippen LogP contribution >= 0.6 is 0 Å². The molecule has 0 amide bonds. The lowest BCUT2D eigenvalue weighted by Crippen LogP contribution is -1.95. The number of carbonyl (C=O) groups is 1. The van der Waals surface area contributed by atoms with Crippen molar-refractivity contribution in [1.82, 2.24) is 4.98 Å². The van der Waals surface area contributed by atoms with Crippen LogP contribution in [0.2, 0.25) is 0 Å². The first-order chi connectivity index (χ1) is 7.74. The molecule has 84 valence electrons. The van der Waals surface area contributed by atoms with E-state index in [9.17, 15) is 4.79 Å². The number of aromatic nitrogens is 1. The monoisotopic (exact) mass is 217 g/mol. The molecule has 0 aliphatic carbocycles. The first kappa shape index (κ1) is 12.2. The van der Waals surface area contributed by atoms with Crippen LogP contribution in [-0.2, 0) is 9.53 Å². The van der Waals surface area contributed by atoms with Gasteiger partial charge in [-0.15, -0.1) is 0 Å². The standard InChI is InChI=1S/C9H7N.C4H8O2/c1-2-4-9-7-10-6-5-8(9)3-1;1-3-6-4(2)5/h1-7H;3H2,1-2H3. The topological polar surface area (TPSA) is 39.2 Å². The molecule has 0 unspecified atom stereocenters. The van der Waals surface area contributed by atoms with E-state index in [1.807, 2.05) is 30.6 Å². The zero-order valence-corrected chi connectivity index (χ0v) is 9.51. The molecule has 2 aromatic rings. The summed E-state index contributed by atoms with van der Waals surface area (Å²) in [5.74, 6) is -0.211. The Hall–Kier alpha value is -1.90. The molecule has 2 rings (SSSR count). The fraction of sp³-hybridized carbons (Fsp3) is 0.231. The maximum atomic E-state index is 9.82. The Morgan fingerprint density at radius 1 is 1.25 bits per heavy atom. The summed E-state index contributed by atoms with van der Waals surface area (Å²) in [5.41, 5.74) is 0. The van der Waals surface area contributed by atoms with Crippen molar-refractivity contribution in [3.05, 3.63) is 42.7 Å². The molecule has 1 heterocycles. The Labute approximate surface area is 95.1 Å². The molecule has 0 aliphatic rings. The highest BCUT2D eigenvalue weighted by molar-refractivity contribution is 5.80. The third kappa shape index (κ3) is 4.09. The van der Waals surface area contributed by atoms with Crippen LogP contribution in [0, 0.1) is 0 Å². The van der Waals surface area contributed by atoms with Crippen molar-refractivity contribution in [2.24, 2.45) is 0 Å². The lowest BCUT2D eigenvalue weighted by molar-refractivity contribution is -0.140. The van der Waals surface area contributed by atoms with Crippen LogP contribution in [0.5, 0.6) is 0 Å². The van der Waals surface area contributed by atoms with E-state index in [4.69, 9.17) is 0 Å². The third-order valence-electron chi connectivity index (χ3n) is 1.90. The molecule has 1 aromatic carbocycles. The summed E-state index contributed by atoms with van der Waals surface area (Å²) in [6, 6.07) is 10.2. The zero-order chi connectivity index (χ0) is 11.8. The number of pyridine rings is 1. The van der Waals surface area contributed by atoms with Crippen molar-refractivity contribution >= 4 is 16.7 Å². The number of nitrogens with zero attached hydrogens (tertiary/aromatic N) is 1. The number of carbonyl (C=O) groups excluding carboxylic acids is 1. The van der Waals surface area contributed by atoms with Gasteiger partial charge in [-0.3, -0.25) is 9.78 Å². The molecule has 16 heavy (non-hydrogen) atoms. The average molecular weight is 217 g/mol. The van der Waals surface area contributed by atoms with Crippen LogP contribution in [0.3, 0.4) is 0 Å². The summed E-state index contributed by atoms with van der Waals surface area (Å²) in [7, 11) is 0. The van der Waals surface area contributed by atoms with Gasteiger partial charge in [-0.2, -0.15) is 0 Å². The maximum Gasteiger partial charge on any atom is 0.302 e. The van der Waals surface area contributed by atoms with Gasteiger partial charge in [0.15, 0.2) is 0 Å². The van der Waals surface area contributed by atoms with Gasteiger partial charge in [0.25, 0.3) is 0 Å². The Balaban J connectivity index is 0.000000187. The second kappa shape index (κ2) is 6.56. The molecular formula is C13H15NO2. The molecule has 0 bridgehead atoms. The number of benzene rings is 1. The molecule has 0 atom stereocenters. The number of hydrogen-bond donors (Lipinski definition) is 0. The van der Waals surface area contributed by atoms with E-state index in [0.717, 1.165) is 0 Å². The largest absolute Gasteiger partial charge is 0.466 e. The highest BCUT2D eigenvalue weighted by Crippen LogP contribution is 2.09. The first-order valence-corrected chi connectivity index (χ1v) is 5.16. The predicted octanol–water partition coefficient (Wildman–Crippen LogP) is 2.80. The Morgan fingerprint density at radius 3 is 2.44 bits per heavy atom. The minimum absolute atomic E-state index is 0.211. The summed E-state index contributed by atoms with van der Waals surface area (Å²) in [6.07, 6.45) is 3.68. The van der Waals surface area contributed by atoms with Gasteiger partial charge in [-0.1, -0.05) is 24.3 Å².